The van der Waals surface area contributed by atoms with Gasteiger partial charge in [-0.1, -0.05) is 12.8 Å². The summed E-state index contributed by atoms with van der Waals surface area (Å²) < 4.78 is 0. The summed E-state index contributed by atoms with van der Waals surface area (Å²) in [6.45, 7) is 4.92. The zero-order valence-electron chi connectivity index (χ0n) is 8.58. The van der Waals surface area contributed by atoms with Gasteiger partial charge >= 0.3 is 0 Å². The van der Waals surface area contributed by atoms with Gasteiger partial charge in [-0.05, 0) is 32.9 Å². The normalized spacial score (nSPS) is 25.2. The average molecular weight is 186 g/mol. The minimum absolute atomic E-state index is 0.0851. The highest BCUT2D eigenvalue weighted by atomic mass is 16.3. The highest BCUT2D eigenvalue weighted by molar-refractivity contribution is 4.74. The van der Waals surface area contributed by atoms with Crippen LogP contribution in [-0.4, -0.2) is 41.8 Å². The third-order valence-corrected chi connectivity index (χ3v) is 2.79. The Bertz CT molecular complexity index is 131. The van der Waals surface area contributed by atoms with Crippen LogP contribution in [-0.2, 0) is 0 Å². The van der Waals surface area contributed by atoms with Gasteiger partial charge < -0.3 is 15.7 Å². The molecule has 0 aliphatic carbocycles. The van der Waals surface area contributed by atoms with E-state index in [1.807, 2.05) is 0 Å². The van der Waals surface area contributed by atoms with Gasteiger partial charge in [0.05, 0.1) is 6.10 Å². The first-order chi connectivity index (χ1) is 6.20. The van der Waals surface area contributed by atoms with Gasteiger partial charge in [0.2, 0.25) is 0 Å². The second kappa shape index (κ2) is 5.58. The molecule has 0 saturated carbocycles. The molecule has 0 aromatic heterocycles. The van der Waals surface area contributed by atoms with Crippen molar-refractivity contribution in [1.29, 1.82) is 0 Å². The SMILES string of the molecule is CC(O)C(N)CN1CCCCCC1. The third-order valence-electron chi connectivity index (χ3n) is 2.79. The maximum atomic E-state index is 9.27. The van der Waals surface area contributed by atoms with Gasteiger partial charge in [0, 0.05) is 12.6 Å². The zero-order chi connectivity index (χ0) is 9.68. The number of nitrogens with zero attached hydrogens (tertiary/aromatic N) is 1. The monoisotopic (exact) mass is 186 g/mol. The Morgan fingerprint density at radius 2 is 1.77 bits per heavy atom. The van der Waals surface area contributed by atoms with Crippen LogP contribution in [0, 0.1) is 0 Å². The first-order valence-electron chi connectivity index (χ1n) is 5.36. The Hall–Kier alpha value is -0.120. The second-order valence-electron chi connectivity index (χ2n) is 4.12. The van der Waals surface area contributed by atoms with E-state index in [-0.39, 0.29) is 12.1 Å². The van der Waals surface area contributed by atoms with Crippen molar-refractivity contribution in [2.45, 2.75) is 44.8 Å². The van der Waals surface area contributed by atoms with Gasteiger partial charge in [-0.15, -0.1) is 0 Å². The Morgan fingerprint density at radius 3 is 2.23 bits per heavy atom. The summed E-state index contributed by atoms with van der Waals surface area (Å²) in [5, 5.41) is 9.27. The molecule has 3 heteroatoms. The fourth-order valence-corrected chi connectivity index (χ4v) is 1.77. The van der Waals surface area contributed by atoms with Crippen LogP contribution >= 0.6 is 0 Å². The van der Waals surface area contributed by atoms with Crippen molar-refractivity contribution in [3.05, 3.63) is 0 Å². The quantitative estimate of drug-likeness (QED) is 0.677. The Kier molecular flexibility index (Phi) is 4.70. The molecule has 0 aromatic rings. The van der Waals surface area contributed by atoms with E-state index in [4.69, 9.17) is 5.73 Å². The molecule has 78 valence electrons. The van der Waals surface area contributed by atoms with Gasteiger partial charge in [0.25, 0.3) is 0 Å². The van der Waals surface area contributed by atoms with Crippen molar-refractivity contribution < 1.29 is 5.11 Å². The number of nitrogens with two attached hydrogens (primary N) is 1. The van der Waals surface area contributed by atoms with Crippen LogP contribution in [0.5, 0.6) is 0 Å². The summed E-state index contributed by atoms with van der Waals surface area (Å²) in [4.78, 5) is 2.38. The predicted molar refractivity (Wildman–Crippen MR) is 54.6 cm³/mol. The highest BCUT2D eigenvalue weighted by Gasteiger charge is 2.15. The lowest BCUT2D eigenvalue weighted by molar-refractivity contribution is 0.134. The summed E-state index contributed by atoms with van der Waals surface area (Å²) in [6, 6.07) is -0.0851. The van der Waals surface area contributed by atoms with E-state index in [0.29, 0.717) is 0 Å². The van der Waals surface area contributed by atoms with Crippen LogP contribution in [0.25, 0.3) is 0 Å². The van der Waals surface area contributed by atoms with Crippen molar-refractivity contribution in [3.8, 4) is 0 Å². The van der Waals surface area contributed by atoms with Gasteiger partial charge in [0.15, 0.2) is 0 Å². The molecule has 2 atom stereocenters. The number of aliphatic hydroxyl groups excluding tert-OH is 1. The van der Waals surface area contributed by atoms with Crippen LogP contribution in [0.15, 0.2) is 0 Å². The molecule has 0 radical (unpaired) electrons. The summed E-state index contributed by atoms with van der Waals surface area (Å²) in [6.07, 6.45) is 4.88. The number of hydrogen-bond acceptors (Lipinski definition) is 3. The molecule has 1 rings (SSSR count). The van der Waals surface area contributed by atoms with Gasteiger partial charge in [0.1, 0.15) is 0 Å². The van der Waals surface area contributed by atoms with Crippen molar-refractivity contribution in [2.24, 2.45) is 5.73 Å². The molecule has 0 aromatic carbocycles. The maximum absolute atomic E-state index is 9.27. The first kappa shape index (κ1) is 11.0. The van der Waals surface area contributed by atoms with Crippen molar-refractivity contribution in [3.63, 3.8) is 0 Å². The fraction of sp³-hybridized carbons (Fsp3) is 1.00. The molecule has 1 fully saturated rings. The maximum Gasteiger partial charge on any atom is 0.0675 e. The van der Waals surface area contributed by atoms with Crippen LogP contribution in [0.2, 0.25) is 0 Å². The van der Waals surface area contributed by atoms with Crippen LogP contribution < -0.4 is 5.73 Å². The van der Waals surface area contributed by atoms with Gasteiger partial charge in [-0.2, -0.15) is 0 Å². The lowest BCUT2D eigenvalue weighted by Gasteiger charge is -2.25. The molecule has 1 heterocycles. The summed E-state index contributed by atoms with van der Waals surface area (Å²) >= 11 is 0. The first-order valence-corrected chi connectivity index (χ1v) is 5.36. The topological polar surface area (TPSA) is 49.5 Å². The Morgan fingerprint density at radius 1 is 1.23 bits per heavy atom. The highest BCUT2D eigenvalue weighted by Crippen LogP contribution is 2.09. The van der Waals surface area contributed by atoms with Crippen molar-refractivity contribution in [2.75, 3.05) is 19.6 Å². The Labute approximate surface area is 80.9 Å². The number of hydrogen-bond donors (Lipinski definition) is 2. The van der Waals surface area contributed by atoms with Gasteiger partial charge in [-0.3, -0.25) is 0 Å². The molecule has 1 saturated heterocycles. The molecule has 1 aliphatic rings. The zero-order valence-corrected chi connectivity index (χ0v) is 8.58. The molecule has 3 N–H and O–H groups in total. The van der Waals surface area contributed by atoms with Crippen molar-refractivity contribution in [1.82, 2.24) is 4.90 Å². The molecular weight excluding hydrogens is 164 g/mol. The van der Waals surface area contributed by atoms with E-state index in [1.54, 1.807) is 6.92 Å². The molecular formula is C10H22N2O. The van der Waals surface area contributed by atoms with E-state index in [9.17, 15) is 5.11 Å². The molecule has 0 spiro atoms. The molecule has 13 heavy (non-hydrogen) atoms. The largest absolute Gasteiger partial charge is 0.392 e. The van der Waals surface area contributed by atoms with Crippen LogP contribution in [0.4, 0.5) is 0 Å². The second-order valence-corrected chi connectivity index (χ2v) is 4.12. The number of likely N-dealkylation sites (tertiary alicyclic amines) is 1. The van der Waals surface area contributed by atoms with E-state index < -0.39 is 0 Å². The molecule has 1 aliphatic heterocycles. The minimum Gasteiger partial charge on any atom is -0.392 e. The van der Waals surface area contributed by atoms with Crippen molar-refractivity contribution >= 4 is 0 Å². The van der Waals surface area contributed by atoms with E-state index >= 15 is 0 Å². The van der Waals surface area contributed by atoms with E-state index in [1.165, 1.54) is 25.7 Å². The Balaban J connectivity index is 2.25. The molecule has 0 bridgehead atoms. The lowest BCUT2D eigenvalue weighted by Crippen LogP contribution is -2.44. The average Bonchev–Trinajstić information content (AvgIpc) is 2.32. The summed E-state index contributed by atoms with van der Waals surface area (Å²) in [5.41, 5.74) is 5.81. The fourth-order valence-electron chi connectivity index (χ4n) is 1.77. The van der Waals surface area contributed by atoms with E-state index in [2.05, 4.69) is 4.90 Å². The van der Waals surface area contributed by atoms with E-state index in [0.717, 1.165) is 19.6 Å². The van der Waals surface area contributed by atoms with Gasteiger partial charge in [-0.25, -0.2) is 0 Å². The smallest absolute Gasteiger partial charge is 0.0675 e. The molecule has 3 nitrogen and oxygen atoms in total. The number of aliphatic hydroxyl groups is 1. The van der Waals surface area contributed by atoms with Crippen LogP contribution in [0.1, 0.15) is 32.6 Å². The lowest BCUT2D eigenvalue weighted by atomic mass is 10.2. The summed E-state index contributed by atoms with van der Waals surface area (Å²) in [5.74, 6) is 0. The van der Waals surface area contributed by atoms with Crippen LogP contribution in [0.3, 0.4) is 0 Å². The number of rotatable bonds is 3. The predicted octanol–water partition coefficient (Wildman–Crippen LogP) is 0.570. The minimum atomic E-state index is -0.386. The molecule has 2 unspecified atom stereocenters. The molecule has 0 amide bonds. The third kappa shape index (κ3) is 4.07. The summed E-state index contributed by atoms with van der Waals surface area (Å²) in [7, 11) is 0. The standard InChI is InChI=1S/C10H22N2O/c1-9(13)10(11)8-12-6-4-2-3-5-7-12/h9-10,13H,2-8,11H2,1H3.